The minimum atomic E-state index is 0.0225. The average molecular weight is 196 g/mol. The van der Waals surface area contributed by atoms with E-state index in [4.69, 9.17) is 0 Å². The predicted octanol–water partition coefficient (Wildman–Crippen LogP) is 3.36. The highest BCUT2D eigenvalue weighted by molar-refractivity contribution is 4.84. The van der Waals surface area contributed by atoms with Gasteiger partial charge in [-0.05, 0) is 37.0 Å². The van der Waals surface area contributed by atoms with Crippen LogP contribution in [0, 0.1) is 17.8 Å². The molecule has 2 aliphatic carbocycles. The normalized spacial score (nSPS) is 41.1. The fourth-order valence-corrected chi connectivity index (χ4v) is 3.48. The van der Waals surface area contributed by atoms with Gasteiger partial charge in [-0.3, -0.25) is 0 Å². The molecule has 3 unspecified atom stereocenters. The Morgan fingerprint density at radius 1 is 0.929 bits per heavy atom. The number of aliphatic hydroxyl groups is 1. The second-order valence-electron chi connectivity index (χ2n) is 5.55. The molecule has 82 valence electrons. The molecule has 0 saturated heterocycles. The van der Waals surface area contributed by atoms with Gasteiger partial charge in [0.15, 0.2) is 0 Å². The first-order chi connectivity index (χ1) is 6.77. The molecule has 0 amide bonds. The van der Waals surface area contributed by atoms with Crippen LogP contribution >= 0.6 is 0 Å². The van der Waals surface area contributed by atoms with Crippen molar-refractivity contribution in [3.63, 3.8) is 0 Å². The van der Waals surface area contributed by atoms with Crippen LogP contribution in [0.15, 0.2) is 0 Å². The first-order valence-corrected chi connectivity index (χ1v) is 6.45. The topological polar surface area (TPSA) is 20.2 Å². The Kier molecular flexibility index (Phi) is 3.48. The molecular weight excluding hydrogens is 172 g/mol. The molecule has 2 rings (SSSR count). The molecule has 2 aliphatic rings. The molecule has 0 aromatic heterocycles. The van der Waals surface area contributed by atoms with Crippen molar-refractivity contribution in [2.75, 3.05) is 0 Å². The summed E-state index contributed by atoms with van der Waals surface area (Å²) in [6.45, 7) is 2.35. The first-order valence-electron chi connectivity index (χ1n) is 6.45. The first kappa shape index (κ1) is 10.5. The van der Waals surface area contributed by atoms with E-state index in [1.54, 1.807) is 0 Å². The van der Waals surface area contributed by atoms with E-state index in [1.807, 2.05) is 0 Å². The molecule has 14 heavy (non-hydrogen) atoms. The Morgan fingerprint density at radius 2 is 1.64 bits per heavy atom. The molecule has 0 aromatic rings. The van der Waals surface area contributed by atoms with Crippen LogP contribution in [0.25, 0.3) is 0 Å². The molecule has 0 bridgehead atoms. The zero-order valence-corrected chi connectivity index (χ0v) is 9.41. The van der Waals surface area contributed by atoms with Gasteiger partial charge >= 0.3 is 0 Å². The van der Waals surface area contributed by atoms with Crippen LogP contribution in [0.4, 0.5) is 0 Å². The monoisotopic (exact) mass is 196 g/mol. The van der Waals surface area contributed by atoms with Gasteiger partial charge in [0.05, 0.1) is 6.10 Å². The minimum absolute atomic E-state index is 0.0225. The summed E-state index contributed by atoms with van der Waals surface area (Å²) in [5.74, 6) is 2.34. The molecule has 0 radical (unpaired) electrons. The van der Waals surface area contributed by atoms with E-state index >= 15 is 0 Å². The van der Waals surface area contributed by atoms with Crippen LogP contribution in [0.1, 0.15) is 58.3 Å². The van der Waals surface area contributed by atoms with Gasteiger partial charge in [0.1, 0.15) is 0 Å². The van der Waals surface area contributed by atoms with Crippen LogP contribution < -0.4 is 0 Å². The van der Waals surface area contributed by atoms with Crippen molar-refractivity contribution >= 4 is 0 Å². The Hall–Kier alpha value is -0.0400. The highest BCUT2D eigenvalue weighted by Crippen LogP contribution is 2.40. The standard InChI is InChI=1S/C13H24O/c1-10-7-8-13(14)12(9-10)11-5-3-2-4-6-11/h10-14H,2-9H2,1H3. The summed E-state index contributed by atoms with van der Waals surface area (Å²) in [6.07, 6.45) is 10.6. The lowest BCUT2D eigenvalue weighted by Crippen LogP contribution is -2.34. The second kappa shape index (κ2) is 4.65. The van der Waals surface area contributed by atoms with Crippen molar-refractivity contribution in [1.82, 2.24) is 0 Å². The fourth-order valence-electron chi connectivity index (χ4n) is 3.48. The molecule has 3 atom stereocenters. The van der Waals surface area contributed by atoms with Crippen molar-refractivity contribution in [3.8, 4) is 0 Å². The van der Waals surface area contributed by atoms with E-state index in [0.29, 0.717) is 5.92 Å². The number of rotatable bonds is 1. The van der Waals surface area contributed by atoms with E-state index < -0.39 is 0 Å². The van der Waals surface area contributed by atoms with E-state index in [9.17, 15) is 5.11 Å². The second-order valence-corrected chi connectivity index (χ2v) is 5.55. The van der Waals surface area contributed by atoms with Gasteiger partial charge < -0.3 is 5.11 Å². The summed E-state index contributed by atoms with van der Waals surface area (Å²) in [5.41, 5.74) is 0. The summed E-state index contributed by atoms with van der Waals surface area (Å²) in [4.78, 5) is 0. The molecule has 0 aliphatic heterocycles. The highest BCUT2D eigenvalue weighted by atomic mass is 16.3. The summed E-state index contributed by atoms with van der Waals surface area (Å²) in [5, 5.41) is 10.0. The Labute approximate surface area is 87.9 Å². The van der Waals surface area contributed by atoms with Crippen molar-refractivity contribution in [1.29, 1.82) is 0 Å². The smallest absolute Gasteiger partial charge is 0.0571 e. The van der Waals surface area contributed by atoms with Crippen molar-refractivity contribution in [3.05, 3.63) is 0 Å². The summed E-state index contributed by atoms with van der Waals surface area (Å²) in [7, 11) is 0. The van der Waals surface area contributed by atoms with Gasteiger partial charge in [0.2, 0.25) is 0 Å². The molecule has 0 aromatic carbocycles. The summed E-state index contributed by atoms with van der Waals surface area (Å²) >= 11 is 0. The SMILES string of the molecule is CC1CCC(O)C(C2CCCCC2)C1. The van der Waals surface area contributed by atoms with Crippen molar-refractivity contribution in [2.45, 2.75) is 64.4 Å². The van der Waals surface area contributed by atoms with E-state index in [-0.39, 0.29) is 6.10 Å². The average Bonchev–Trinajstić information content (AvgIpc) is 2.23. The maximum Gasteiger partial charge on any atom is 0.0571 e. The molecule has 2 saturated carbocycles. The number of hydrogen-bond acceptors (Lipinski definition) is 1. The third-order valence-corrected chi connectivity index (χ3v) is 4.38. The van der Waals surface area contributed by atoms with Gasteiger partial charge in [0.25, 0.3) is 0 Å². The van der Waals surface area contributed by atoms with Crippen molar-refractivity contribution in [2.24, 2.45) is 17.8 Å². The Morgan fingerprint density at radius 3 is 2.36 bits per heavy atom. The minimum Gasteiger partial charge on any atom is -0.393 e. The molecule has 0 heterocycles. The van der Waals surface area contributed by atoms with E-state index in [1.165, 1.54) is 44.9 Å². The molecule has 1 nitrogen and oxygen atoms in total. The molecular formula is C13H24O. The molecule has 2 fully saturated rings. The summed E-state index contributed by atoms with van der Waals surface area (Å²) < 4.78 is 0. The number of aliphatic hydroxyl groups excluding tert-OH is 1. The van der Waals surface area contributed by atoms with E-state index in [0.717, 1.165) is 18.3 Å². The highest BCUT2D eigenvalue weighted by Gasteiger charge is 2.33. The van der Waals surface area contributed by atoms with Crippen LogP contribution in [0.3, 0.4) is 0 Å². The Bertz CT molecular complexity index is 172. The van der Waals surface area contributed by atoms with Gasteiger partial charge in [-0.1, -0.05) is 39.0 Å². The largest absolute Gasteiger partial charge is 0.393 e. The lowest BCUT2D eigenvalue weighted by Gasteiger charge is -2.38. The molecule has 0 spiro atoms. The van der Waals surface area contributed by atoms with Crippen molar-refractivity contribution < 1.29 is 5.11 Å². The Balaban J connectivity index is 1.92. The maximum atomic E-state index is 10.0. The summed E-state index contributed by atoms with van der Waals surface area (Å²) in [6, 6.07) is 0. The van der Waals surface area contributed by atoms with Gasteiger partial charge in [-0.25, -0.2) is 0 Å². The van der Waals surface area contributed by atoms with Gasteiger partial charge in [0, 0.05) is 0 Å². The fraction of sp³-hybridized carbons (Fsp3) is 1.00. The molecule has 1 N–H and O–H groups in total. The third-order valence-electron chi connectivity index (χ3n) is 4.38. The van der Waals surface area contributed by atoms with Crippen LogP contribution in [-0.4, -0.2) is 11.2 Å². The van der Waals surface area contributed by atoms with Crippen LogP contribution in [0.2, 0.25) is 0 Å². The van der Waals surface area contributed by atoms with E-state index in [2.05, 4.69) is 6.92 Å². The van der Waals surface area contributed by atoms with Gasteiger partial charge in [-0.15, -0.1) is 0 Å². The zero-order chi connectivity index (χ0) is 9.97. The zero-order valence-electron chi connectivity index (χ0n) is 9.41. The van der Waals surface area contributed by atoms with Crippen LogP contribution in [0.5, 0.6) is 0 Å². The number of hydrogen-bond donors (Lipinski definition) is 1. The lowest BCUT2D eigenvalue weighted by atomic mass is 9.69. The molecule has 1 heteroatoms. The maximum absolute atomic E-state index is 10.0. The van der Waals surface area contributed by atoms with Gasteiger partial charge in [-0.2, -0.15) is 0 Å². The predicted molar refractivity (Wildman–Crippen MR) is 59.1 cm³/mol. The quantitative estimate of drug-likeness (QED) is 0.682. The van der Waals surface area contributed by atoms with Crippen LogP contribution in [-0.2, 0) is 0 Å². The third kappa shape index (κ3) is 2.31. The lowest BCUT2D eigenvalue weighted by molar-refractivity contribution is 0.00983.